The summed E-state index contributed by atoms with van der Waals surface area (Å²) in [6.45, 7) is 2.06. The van der Waals surface area contributed by atoms with Crippen molar-refractivity contribution in [1.82, 2.24) is 0 Å². The lowest BCUT2D eigenvalue weighted by molar-refractivity contribution is -0.143. The van der Waals surface area contributed by atoms with Gasteiger partial charge in [0, 0.05) is 10.2 Å². The first-order valence-electron chi connectivity index (χ1n) is 6.36. The molecule has 98 valence electrons. The van der Waals surface area contributed by atoms with Gasteiger partial charge in [-0.05, 0) is 46.8 Å². The summed E-state index contributed by atoms with van der Waals surface area (Å²) in [7, 11) is 0. The first-order valence-corrected chi connectivity index (χ1v) is 7.15. The summed E-state index contributed by atoms with van der Waals surface area (Å²) in [5, 5.41) is 12.9. The van der Waals surface area contributed by atoms with E-state index in [0.717, 1.165) is 29.4 Å². The Morgan fingerprint density at radius 1 is 1.56 bits per heavy atom. The van der Waals surface area contributed by atoms with Crippen molar-refractivity contribution in [2.75, 3.05) is 5.32 Å². The fraction of sp³-hybridized carbons (Fsp3) is 0.500. The molecule has 2 unspecified atom stereocenters. The number of hydrogen-bond donors (Lipinski definition) is 2. The average Bonchev–Trinajstić information content (AvgIpc) is 2.76. The molecule has 1 aromatic carbocycles. The SMILES string of the molecule is CCC1CCCC1(Nc1ccccc1Br)C(=O)O. The predicted molar refractivity (Wildman–Crippen MR) is 75.8 cm³/mol. The second kappa shape index (κ2) is 5.31. The van der Waals surface area contributed by atoms with Gasteiger partial charge in [0.2, 0.25) is 0 Å². The van der Waals surface area contributed by atoms with Gasteiger partial charge in [-0.15, -0.1) is 0 Å². The molecule has 1 saturated carbocycles. The fourth-order valence-corrected chi connectivity index (χ4v) is 3.32. The number of hydrogen-bond acceptors (Lipinski definition) is 2. The van der Waals surface area contributed by atoms with Crippen LogP contribution in [0.25, 0.3) is 0 Å². The van der Waals surface area contributed by atoms with Gasteiger partial charge in [0.05, 0.1) is 0 Å². The Balaban J connectivity index is 2.33. The lowest BCUT2D eigenvalue weighted by atomic mass is 9.85. The number of carboxylic acid groups (broad SMARTS) is 1. The van der Waals surface area contributed by atoms with E-state index in [-0.39, 0.29) is 5.92 Å². The molecule has 0 spiro atoms. The molecule has 4 heteroatoms. The molecule has 0 aromatic heterocycles. The van der Waals surface area contributed by atoms with E-state index in [2.05, 4.69) is 28.2 Å². The van der Waals surface area contributed by atoms with Gasteiger partial charge in [0.1, 0.15) is 5.54 Å². The third-order valence-electron chi connectivity index (χ3n) is 3.93. The van der Waals surface area contributed by atoms with Crippen LogP contribution in [0, 0.1) is 5.92 Å². The predicted octanol–water partition coefficient (Wildman–Crippen LogP) is 3.89. The summed E-state index contributed by atoms with van der Waals surface area (Å²) >= 11 is 3.46. The minimum absolute atomic E-state index is 0.196. The van der Waals surface area contributed by atoms with Crippen LogP contribution >= 0.6 is 15.9 Å². The normalized spacial score (nSPS) is 27.1. The molecule has 1 aliphatic carbocycles. The molecule has 0 saturated heterocycles. The largest absolute Gasteiger partial charge is 0.479 e. The highest BCUT2D eigenvalue weighted by atomic mass is 79.9. The van der Waals surface area contributed by atoms with Crippen molar-refractivity contribution in [3.05, 3.63) is 28.7 Å². The number of carbonyl (C=O) groups is 1. The lowest BCUT2D eigenvalue weighted by Crippen LogP contribution is -2.49. The molecule has 1 aliphatic rings. The van der Waals surface area contributed by atoms with Gasteiger partial charge >= 0.3 is 5.97 Å². The van der Waals surface area contributed by atoms with Crippen LogP contribution in [0.2, 0.25) is 0 Å². The van der Waals surface area contributed by atoms with Gasteiger partial charge in [0.15, 0.2) is 0 Å². The molecule has 0 aliphatic heterocycles. The quantitative estimate of drug-likeness (QED) is 0.886. The number of aliphatic carboxylic acids is 1. The lowest BCUT2D eigenvalue weighted by Gasteiger charge is -2.33. The van der Waals surface area contributed by atoms with Crippen LogP contribution in [-0.2, 0) is 4.79 Å². The van der Waals surface area contributed by atoms with E-state index in [9.17, 15) is 9.90 Å². The second-order valence-electron chi connectivity index (χ2n) is 4.88. The molecule has 0 bridgehead atoms. The number of para-hydroxylation sites is 1. The van der Waals surface area contributed by atoms with Crippen molar-refractivity contribution in [3.8, 4) is 0 Å². The molecule has 0 amide bonds. The molecule has 0 radical (unpaired) electrons. The molecule has 18 heavy (non-hydrogen) atoms. The maximum absolute atomic E-state index is 11.7. The molecule has 3 nitrogen and oxygen atoms in total. The van der Waals surface area contributed by atoms with Crippen molar-refractivity contribution in [1.29, 1.82) is 0 Å². The van der Waals surface area contributed by atoms with Gasteiger partial charge in [-0.3, -0.25) is 0 Å². The number of halogens is 1. The van der Waals surface area contributed by atoms with E-state index in [0.29, 0.717) is 6.42 Å². The van der Waals surface area contributed by atoms with Crippen LogP contribution in [0.4, 0.5) is 5.69 Å². The molecule has 2 atom stereocenters. The fourth-order valence-electron chi connectivity index (χ4n) is 2.93. The maximum atomic E-state index is 11.7. The topological polar surface area (TPSA) is 49.3 Å². The zero-order chi connectivity index (χ0) is 13.2. The minimum atomic E-state index is -0.807. The molecule has 0 heterocycles. The summed E-state index contributed by atoms with van der Waals surface area (Å²) in [6, 6.07) is 7.68. The van der Waals surface area contributed by atoms with Gasteiger partial charge in [0.25, 0.3) is 0 Å². The third kappa shape index (κ3) is 2.26. The Labute approximate surface area is 116 Å². The number of nitrogens with one attached hydrogen (secondary N) is 1. The first-order chi connectivity index (χ1) is 8.60. The van der Waals surface area contributed by atoms with E-state index < -0.39 is 11.5 Å². The van der Waals surface area contributed by atoms with Crippen LogP contribution < -0.4 is 5.32 Å². The van der Waals surface area contributed by atoms with Gasteiger partial charge < -0.3 is 10.4 Å². The van der Waals surface area contributed by atoms with Gasteiger partial charge in [-0.1, -0.05) is 31.9 Å². The highest BCUT2D eigenvalue weighted by molar-refractivity contribution is 9.10. The number of benzene rings is 1. The summed E-state index contributed by atoms with van der Waals surface area (Å²) in [5.41, 5.74) is 0.0544. The molecule has 2 rings (SSSR count). The highest BCUT2D eigenvalue weighted by Crippen LogP contribution is 2.41. The van der Waals surface area contributed by atoms with E-state index in [1.807, 2.05) is 24.3 Å². The van der Waals surface area contributed by atoms with E-state index in [4.69, 9.17) is 0 Å². The summed E-state index contributed by atoms with van der Waals surface area (Å²) in [6.07, 6.45) is 3.55. The second-order valence-corrected chi connectivity index (χ2v) is 5.73. The van der Waals surface area contributed by atoms with Crippen LogP contribution in [0.15, 0.2) is 28.7 Å². The number of carboxylic acids is 1. The van der Waals surface area contributed by atoms with Crippen molar-refractivity contribution in [2.24, 2.45) is 5.92 Å². The molecule has 1 aromatic rings. The Morgan fingerprint density at radius 2 is 2.28 bits per heavy atom. The van der Waals surface area contributed by atoms with Crippen LogP contribution in [-0.4, -0.2) is 16.6 Å². The van der Waals surface area contributed by atoms with E-state index >= 15 is 0 Å². The van der Waals surface area contributed by atoms with Crippen LogP contribution in [0.3, 0.4) is 0 Å². The number of anilines is 1. The minimum Gasteiger partial charge on any atom is -0.479 e. The zero-order valence-electron chi connectivity index (χ0n) is 10.4. The van der Waals surface area contributed by atoms with Crippen molar-refractivity contribution >= 4 is 27.6 Å². The maximum Gasteiger partial charge on any atom is 0.329 e. The number of rotatable bonds is 4. The van der Waals surface area contributed by atoms with Crippen molar-refractivity contribution in [3.63, 3.8) is 0 Å². The Kier molecular flexibility index (Phi) is 3.95. The van der Waals surface area contributed by atoms with Crippen LogP contribution in [0.1, 0.15) is 32.6 Å². The van der Waals surface area contributed by atoms with Crippen LogP contribution in [0.5, 0.6) is 0 Å². The highest BCUT2D eigenvalue weighted by Gasteiger charge is 2.48. The summed E-state index contributed by atoms with van der Waals surface area (Å²) in [4.78, 5) is 11.7. The third-order valence-corrected chi connectivity index (χ3v) is 4.62. The van der Waals surface area contributed by atoms with E-state index in [1.165, 1.54) is 0 Å². The first kappa shape index (κ1) is 13.4. The summed E-state index contributed by atoms with van der Waals surface area (Å²) in [5.74, 6) is -0.537. The van der Waals surface area contributed by atoms with Crippen molar-refractivity contribution < 1.29 is 9.90 Å². The molecular weight excluding hydrogens is 294 g/mol. The molecular formula is C14H18BrNO2. The molecule has 2 N–H and O–H groups in total. The standard InChI is InChI=1S/C14H18BrNO2/c1-2-10-6-5-9-14(10,13(17)18)16-12-8-4-3-7-11(12)15/h3-4,7-8,10,16H,2,5-6,9H2,1H3,(H,17,18). The van der Waals surface area contributed by atoms with Crippen molar-refractivity contribution in [2.45, 2.75) is 38.1 Å². The molecule has 1 fully saturated rings. The Hall–Kier alpha value is -1.03. The van der Waals surface area contributed by atoms with E-state index in [1.54, 1.807) is 0 Å². The Morgan fingerprint density at radius 3 is 2.89 bits per heavy atom. The summed E-state index contributed by atoms with van der Waals surface area (Å²) < 4.78 is 0.910. The van der Waals surface area contributed by atoms with Gasteiger partial charge in [-0.25, -0.2) is 4.79 Å². The smallest absolute Gasteiger partial charge is 0.329 e. The van der Waals surface area contributed by atoms with Gasteiger partial charge in [-0.2, -0.15) is 0 Å². The Bertz CT molecular complexity index is 449. The average molecular weight is 312 g/mol. The monoisotopic (exact) mass is 311 g/mol. The zero-order valence-corrected chi connectivity index (χ0v) is 12.0.